The van der Waals surface area contributed by atoms with E-state index >= 15 is 0 Å². The fourth-order valence-corrected chi connectivity index (χ4v) is 5.91. The molecule has 1 spiro atoms. The molecule has 6 heteroatoms. The molecular weight excluding hydrogens is 358 g/mol. The third-order valence-corrected chi connectivity index (χ3v) is 7.72. The fourth-order valence-electron chi connectivity index (χ4n) is 5.07. The second-order valence-electron chi connectivity index (χ2n) is 9.00. The van der Waals surface area contributed by atoms with Crippen molar-refractivity contribution in [3.8, 4) is 0 Å². The number of carbonyl (C=O) groups is 2. The highest BCUT2D eigenvalue weighted by atomic mass is 32.1. The molecule has 0 bridgehead atoms. The molecule has 4 heterocycles. The van der Waals surface area contributed by atoms with Crippen molar-refractivity contribution in [1.29, 1.82) is 0 Å². The van der Waals surface area contributed by atoms with Crippen LogP contribution in [-0.4, -0.2) is 59.9 Å². The van der Waals surface area contributed by atoms with Gasteiger partial charge in [0.15, 0.2) is 0 Å². The molecule has 3 aliphatic rings. The molecule has 5 nitrogen and oxygen atoms in total. The standard InChI is InChI=1S/C21H31N3O2S/c1-14(2)6-9-23-12-16-17(13-23)21(22-19(16)25)7-10-24(11-8-21)20(26)18-5-4-15(3)27-18/h4-5,14,16-17H,6-13H2,1-3H3,(H,22,25)/t16-,17+/m1/s1. The normalized spacial score (nSPS) is 27.4. The van der Waals surface area contributed by atoms with Gasteiger partial charge in [0.05, 0.1) is 10.8 Å². The number of fused-ring (bicyclic) bond motifs is 2. The Labute approximate surface area is 166 Å². The minimum absolute atomic E-state index is 0.101. The van der Waals surface area contributed by atoms with E-state index in [4.69, 9.17) is 0 Å². The van der Waals surface area contributed by atoms with Crippen LogP contribution in [0.15, 0.2) is 12.1 Å². The number of hydrogen-bond donors (Lipinski definition) is 1. The van der Waals surface area contributed by atoms with Crippen LogP contribution in [0.5, 0.6) is 0 Å². The first-order valence-electron chi connectivity index (χ1n) is 10.3. The molecule has 1 aromatic heterocycles. The predicted octanol–water partition coefficient (Wildman–Crippen LogP) is 2.76. The van der Waals surface area contributed by atoms with E-state index in [2.05, 4.69) is 24.1 Å². The number of thiophene rings is 1. The highest BCUT2D eigenvalue weighted by molar-refractivity contribution is 7.13. The van der Waals surface area contributed by atoms with Crippen LogP contribution < -0.4 is 5.32 Å². The summed E-state index contributed by atoms with van der Waals surface area (Å²) < 4.78 is 0. The van der Waals surface area contributed by atoms with E-state index in [0.717, 1.165) is 50.4 Å². The number of aryl methyl sites for hydroxylation is 1. The number of likely N-dealkylation sites (tertiary alicyclic amines) is 2. The molecule has 0 radical (unpaired) electrons. The van der Waals surface area contributed by atoms with E-state index in [-0.39, 0.29) is 23.3 Å². The van der Waals surface area contributed by atoms with Crippen molar-refractivity contribution in [2.45, 2.75) is 45.6 Å². The molecule has 2 amide bonds. The van der Waals surface area contributed by atoms with Crippen molar-refractivity contribution in [3.05, 3.63) is 21.9 Å². The Hall–Kier alpha value is -1.40. The topological polar surface area (TPSA) is 52.7 Å². The number of nitrogens with one attached hydrogen (secondary N) is 1. The van der Waals surface area contributed by atoms with Crippen LogP contribution in [0, 0.1) is 24.7 Å². The van der Waals surface area contributed by atoms with Gasteiger partial charge in [-0.25, -0.2) is 0 Å². The fraction of sp³-hybridized carbons (Fsp3) is 0.714. The molecule has 3 saturated heterocycles. The lowest BCUT2D eigenvalue weighted by atomic mass is 9.75. The Balaban J connectivity index is 1.40. The molecule has 148 valence electrons. The summed E-state index contributed by atoms with van der Waals surface area (Å²) in [5.41, 5.74) is -0.101. The number of hydrogen-bond acceptors (Lipinski definition) is 4. The van der Waals surface area contributed by atoms with Crippen molar-refractivity contribution >= 4 is 23.2 Å². The van der Waals surface area contributed by atoms with Gasteiger partial charge >= 0.3 is 0 Å². The Bertz CT molecular complexity index is 721. The number of piperidine rings is 1. The van der Waals surface area contributed by atoms with Crippen LogP contribution in [-0.2, 0) is 4.79 Å². The molecule has 2 atom stereocenters. The van der Waals surface area contributed by atoms with Crippen LogP contribution in [0.1, 0.15) is 47.7 Å². The van der Waals surface area contributed by atoms with E-state index in [0.29, 0.717) is 11.8 Å². The quantitative estimate of drug-likeness (QED) is 0.862. The molecule has 0 aromatic carbocycles. The van der Waals surface area contributed by atoms with E-state index in [1.54, 1.807) is 11.3 Å². The number of carbonyl (C=O) groups excluding carboxylic acids is 2. The Kier molecular flexibility index (Phi) is 5.06. The molecule has 3 fully saturated rings. The molecule has 0 aliphatic carbocycles. The van der Waals surface area contributed by atoms with Crippen molar-refractivity contribution in [2.75, 3.05) is 32.7 Å². The Morgan fingerprint density at radius 1 is 1.30 bits per heavy atom. The van der Waals surface area contributed by atoms with Gasteiger partial charge in [-0.2, -0.15) is 0 Å². The summed E-state index contributed by atoms with van der Waals surface area (Å²) in [6.07, 6.45) is 2.96. The lowest BCUT2D eigenvalue weighted by Crippen LogP contribution is -2.56. The molecule has 27 heavy (non-hydrogen) atoms. The second-order valence-corrected chi connectivity index (χ2v) is 10.3. The average molecular weight is 390 g/mol. The zero-order chi connectivity index (χ0) is 19.2. The first-order chi connectivity index (χ1) is 12.9. The summed E-state index contributed by atoms with van der Waals surface area (Å²) in [5.74, 6) is 1.62. The smallest absolute Gasteiger partial charge is 0.263 e. The van der Waals surface area contributed by atoms with E-state index in [9.17, 15) is 9.59 Å². The first-order valence-corrected chi connectivity index (χ1v) is 11.1. The average Bonchev–Trinajstić information content (AvgIpc) is 3.31. The summed E-state index contributed by atoms with van der Waals surface area (Å²) in [6.45, 7) is 11.1. The van der Waals surface area contributed by atoms with Gasteiger partial charge < -0.3 is 15.1 Å². The molecule has 1 N–H and O–H groups in total. The predicted molar refractivity (Wildman–Crippen MR) is 108 cm³/mol. The van der Waals surface area contributed by atoms with E-state index in [1.807, 2.05) is 24.0 Å². The lowest BCUT2D eigenvalue weighted by molar-refractivity contribution is -0.123. The van der Waals surface area contributed by atoms with Crippen molar-refractivity contribution in [3.63, 3.8) is 0 Å². The van der Waals surface area contributed by atoms with Gasteiger partial charge in [-0.05, 0) is 50.8 Å². The summed E-state index contributed by atoms with van der Waals surface area (Å²) in [6, 6.07) is 3.94. The molecule has 4 rings (SSSR count). The summed E-state index contributed by atoms with van der Waals surface area (Å²) >= 11 is 1.57. The summed E-state index contributed by atoms with van der Waals surface area (Å²) in [4.78, 5) is 31.9. The van der Waals surface area contributed by atoms with E-state index < -0.39 is 0 Å². The number of rotatable bonds is 4. The maximum atomic E-state index is 12.8. The van der Waals surface area contributed by atoms with Crippen LogP contribution in [0.25, 0.3) is 0 Å². The monoisotopic (exact) mass is 389 g/mol. The number of nitrogens with zero attached hydrogens (tertiary/aromatic N) is 2. The van der Waals surface area contributed by atoms with Gasteiger partial charge in [0.1, 0.15) is 0 Å². The Morgan fingerprint density at radius 2 is 2.04 bits per heavy atom. The van der Waals surface area contributed by atoms with Gasteiger partial charge in [0.2, 0.25) is 5.91 Å². The zero-order valence-electron chi connectivity index (χ0n) is 16.7. The van der Waals surface area contributed by atoms with Gasteiger partial charge in [0.25, 0.3) is 5.91 Å². The highest BCUT2D eigenvalue weighted by Gasteiger charge is 2.57. The Morgan fingerprint density at radius 3 is 2.67 bits per heavy atom. The van der Waals surface area contributed by atoms with E-state index in [1.165, 1.54) is 11.3 Å². The van der Waals surface area contributed by atoms with Gasteiger partial charge in [-0.1, -0.05) is 13.8 Å². The first kappa shape index (κ1) is 18.9. The van der Waals surface area contributed by atoms with Crippen LogP contribution in [0.2, 0.25) is 0 Å². The molecular formula is C21H31N3O2S. The maximum absolute atomic E-state index is 12.8. The van der Waals surface area contributed by atoms with Gasteiger partial charge in [0, 0.05) is 42.5 Å². The van der Waals surface area contributed by atoms with Gasteiger partial charge in [-0.3, -0.25) is 9.59 Å². The van der Waals surface area contributed by atoms with Crippen molar-refractivity contribution in [1.82, 2.24) is 15.1 Å². The third kappa shape index (κ3) is 3.54. The molecule has 1 aromatic rings. The minimum Gasteiger partial charge on any atom is -0.350 e. The van der Waals surface area contributed by atoms with Crippen molar-refractivity contribution in [2.24, 2.45) is 17.8 Å². The number of amides is 2. The SMILES string of the molecule is Cc1ccc(C(=O)N2CCC3(CC2)NC(=O)[C@@H]2CN(CCC(C)C)C[C@@H]23)s1. The van der Waals surface area contributed by atoms with Crippen LogP contribution in [0.3, 0.4) is 0 Å². The largest absolute Gasteiger partial charge is 0.350 e. The molecule has 0 unspecified atom stereocenters. The highest BCUT2D eigenvalue weighted by Crippen LogP contribution is 2.44. The lowest BCUT2D eigenvalue weighted by Gasteiger charge is -2.42. The van der Waals surface area contributed by atoms with Crippen molar-refractivity contribution < 1.29 is 9.59 Å². The molecule has 0 saturated carbocycles. The van der Waals surface area contributed by atoms with Crippen LogP contribution >= 0.6 is 11.3 Å². The second kappa shape index (κ2) is 7.21. The minimum atomic E-state index is -0.101. The maximum Gasteiger partial charge on any atom is 0.263 e. The summed E-state index contributed by atoms with van der Waals surface area (Å²) in [5, 5.41) is 3.36. The third-order valence-electron chi connectivity index (χ3n) is 6.73. The zero-order valence-corrected chi connectivity index (χ0v) is 17.5. The summed E-state index contributed by atoms with van der Waals surface area (Å²) in [7, 11) is 0. The van der Waals surface area contributed by atoms with Gasteiger partial charge in [-0.15, -0.1) is 11.3 Å². The molecule has 3 aliphatic heterocycles. The van der Waals surface area contributed by atoms with Crippen LogP contribution in [0.4, 0.5) is 0 Å².